The summed E-state index contributed by atoms with van der Waals surface area (Å²) >= 11 is 3.79. The van der Waals surface area contributed by atoms with Gasteiger partial charge in [0.15, 0.2) is 0 Å². The summed E-state index contributed by atoms with van der Waals surface area (Å²) in [4.78, 5) is 23.7. The second kappa shape index (κ2) is 9.83. The Bertz CT molecular complexity index is 868. The van der Waals surface area contributed by atoms with Crippen molar-refractivity contribution in [1.82, 2.24) is 14.3 Å². The summed E-state index contributed by atoms with van der Waals surface area (Å²) in [6.45, 7) is 0.363. The molecule has 154 valence electrons. The lowest BCUT2D eigenvalue weighted by atomic mass is 9.99. The Hall–Kier alpha value is -2.20. The zero-order valence-electron chi connectivity index (χ0n) is 15.9. The quantitative estimate of drug-likeness (QED) is 0.578. The van der Waals surface area contributed by atoms with Gasteiger partial charge in [0.05, 0.1) is 7.11 Å². The van der Waals surface area contributed by atoms with E-state index in [1.807, 2.05) is 6.08 Å². The monoisotopic (exact) mass is 427 g/mol. The molecule has 28 heavy (non-hydrogen) atoms. The fourth-order valence-corrected chi connectivity index (χ4v) is 4.42. The van der Waals surface area contributed by atoms with Crippen molar-refractivity contribution in [2.24, 2.45) is 0 Å². The molecule has 0 aromatic heterocycles. The third kappa shape index (κ3) is 5.20. The minimum absolute atomic E-state index is 0.0813. The van der Waals surface area contributed by atoms with Crippen LogP contribution in [0.3, 0.4) is 0 Å². The van der Waals surface area contributed by atoms with Crippen LogP contribution < -0.4 is 15.4 Å². The number of benzene rings is 1. The van der Waals surface area contributed by atoms with Gasteiger partial charge in [-0.2, -0.15) is 12.1 Å². The van der Waals surface area contributed by atoms with Crippen LogP contribution in [0.1, 0.15) is 31.2 Å². The van der Waals surface area contributed by atoms with Gasteiger partial charge in [0.2, 0.25) is 5.91 Å². The topological polar surface area (TPSA) is 105 Å². The fraction of sp³-hybridized carbons (Fsp3) is 0.444. The SMILES string of the molecule is CNC(=O)N(S)S(=O)(=O)c1cc(CCNC(=O)C2=CCCCC2)ccc1OC. The maximum absolute atomic E-state index is 12.7. The van der Waals surface area contributed by atoms with E-state index in [0.29, 0.717) is 22.2 Å². The Morgan fingerprint density at radius 1 is 1.29 bits per heavy atom. The fourth-order valence-electron chi connectivity index (χ4n) is 2.85. The van der Waals surface area contributed by atoms with Crippen LogP contribution in [-0.2, 0) is 21.2 Å². The second-order valence-electron chi connectivity index (χ2n) is 6.27. The van der Waals surface area contributed by atoms with Gasteiger partial charge in [-0.05, 0) is 62.6 Å². The first-order valence-electron chi connectivity index (χ1n) is 8.91. The summed E-state index contributed by atoms with van der Waals surface area (Å²) in [6, 6.07) is 3.77. The van der Waals surface area contributed by atoms with Crippen LogP contribution in [0, 0.1) is 0 Å². The molecule has 0 spiro atoms. The number of hydrogen-bond acceptors (Lipinski definition) is 6. The Balaban J connectivity index is 2.12. The maximum Gasteiger partial charge on any atom is 0.341 e. The van der Waals surface area contributed by atoms with E-state index in [9.17, 15) is 18.0 Å². The number of allylic oxidation sites excluding steroid dienone is 1. The summed E-state index contributed by atoms with van der Waals surface area (Å²) in [6.07, 6.45) is 6.24. The lowest BCUT2D eigenvalue weighted by Crippen LogP contribution is -2.36. The number of nitrogens with zero attached hydrogens (tertiary/aromatic N) is 1. The molecule has 1 aliphatic carbocycles. The zero-order chi connectivity index (χ0) is 20.7. The lowest BCUT2D eigenvalue weighted by molar-refractivity contribution is -0.117. The largest absolute Gasteiger partial charge is 0.495 e. The molecular weight excluding hydrogens is 402 g/mol. The van der Waals surface area contributed by atoms with Gasteiger partial charge in [-0.1, -0.05) is 12.1 Å². The van der Waals surface area contributed by atoms with Gasteiger partial charge in [-0.25, -0.2) is 4.79 Å². The van der Waals surface area contributed by atoms with Crippen LogP contribution in [0.15, 0.2) is 34.7 Å². The number of rotatable bonds is 7. The van der Waals surface area contributed by atoms with Gasteiger partial charge in [0.25, 0.3) is 10.0 Å². The molecule has 3 amide bonds. The third-order valence-corrected chi connectivity index (χ3v) is 6.73. The smallest absolute Gasteiger partial charge is 0.341 e. The van der Waals surface area contributed by atoms with E-state index >= 15 is 0 Å². The first kappa shape index (κ1) is 22.1. The van der Waals surface area contributed by atoms with Crippen molar-refractivity contribution in [2.75, 3.05) is 20.7 Å². The van der Waals surface area contributed by atoms with E-state index in [2.05, 4.69) is 23.4 Å². The van der Waals surface area contributed by atoms with Crippen LogP contribution >= 0.6 is 12.8 Å². The molecule has 2 rings (SSSR count). The second-order valence-corrected chi connectivity index (χ2v) is 8.70. The number of nitrogens with one attached hydrogen (secondary N) is 2. The summed E-state index contributed by atoms with van der Waals surface area (Å²) < 4.78 is 30.8. The molecule has 0 saturated carbocycles. The zero-order valence-corrected chi connectivity index (χ0v) is 17.6. The molecule has 2 N–H and O–H groups in total. The van der Waals surface area contributed by atoms with Crippen molar-refractivity contribution >= 4 is 34.8 Å². The van der Waals surface area contributed by atoms with Gasteiger partial charge in [0.1, 0.15) is 10.6 Å². The summed E-state index contributed by atoms with van der Waals surface area (Å²) in [5.74, 6) is 0.0188. The average molecular weight is 428 g/mol. The molecule has 0 atom stereocenters. The highest BCUT2D eigenvalue weighted by Gasteiger charge is 2.29. The minimum atomic E-state index is -4.21. The molecule has 8 nitrogen and oxygen atoms in total. The Kier molecular flexibility index (Phi) is 7.76. The highest BCUT2D eigenvalue weighted by Crippen LogP contribution is 2.29. The molecule has 0 unspecified atom stereocenters. The van der Waals surface area contributed by atoms with Crippen molar-refractivity contribution in [3.8, 4) is 5.75 Å². The van der Waals surface area contributed by atoms with Gasteiger partial charge >= 0.3 is 6.03 Å². The number of sulfonamides is 1. The molecule has 0 fully saturated rings. The molecule has 0 saturated heterocycles. The van der Waals surface area contributed by atoms with E-state index in [4.69, 9.17) is 4.74 Å². The maximum atomic E-state index is 12.7. The predicted molar refractivity (Wildman–Crippen MR) is 109 cm³/mol. The van der Waals surface area contributed by atoms with E-state index in [-0.39, 0.29) is 16.6 Å². The molecule has 0 aliphatic heterocycles. The van der Waals surface area contributed by atoms with Crippen LogP contribution in [0.4, 0.5) is 4.79 Å². The number of carbonyl (C=O) groups is 2. The van der Waals surface area contributed by atoms with Crippen molar-refractivity contribution in [1.29, 1.82) is 0 Å². The molecule has 1 aliphatic rings. The molecule has 0 heterocycles. The number of amides is 3. The van der Waals surface area contributed by atoms with Gasteiger partial charge in [-0.3, -0.25) is 4.79 Å². The number of methoxy groups -OCH3 is 1. The van der Waals surface area contributed by atoms with Gasteiger partial charge in [0, 0.05) is 19.2 Å². The molecule has 1 aromatic rings. The molecule has 0 bridgehead atoms. The minimum Gasteiger partial charge on any atom is -0.495 e. The van der Waals surface area contributed by atoms with Crippen molar-refractivity contribution < 1.29 is 22.7 Å². The first-order valence-corrected chi connectivity index (χ1v) is 10.7. The molecule has 10 heteroatoms. The van der Waals surface area contributed by atoms with E-state index in [1.54, 1.807) is 6.07 Å². The predicted octanol–water partition coefficient (Wildman–Crippen LogP) is 2.03. The lowest BCUT2D eigenvalue weighted by Gasteiger charge is -2.18. The Morgan fingerprint density at radius 2 is 2.04 bits per heavy atom. The third-order valence-electron chi connectivity index (χ3n) is 4.40. The van der Waals surface area contributed by atoms with Crippen molar-refractivity contribution in [2.45, 2.75) is 37.0 Å². The number of ether oxygens (including phenoxy) is 1. The Labute approximate surface area is 170 Å². The number of urea groups is 1. The summed E-state index contributed by atoms with van der Waals surface area (Å²) in [7, 11) is -1.56. The highest BCUT2D eigenvalue weighted by atomic mass is 32.3. The normalized spacial score (nSPS) is 14.0. The van der Waals surface area contributed by atoms with E-state index in [1.165, 1.54) is 26.3 Å². The van der Waals surface area contributed by atoms with E-state index < -0.39 is 16.1 Å². The summed E-state index contributed by atoms with van der Waals surface area (Å²) in [5, 5.41) is 5.07. The molecule has 1 aromatic carbocycles. The molecular formula is C18H25N3O5S2. The van der Waals surface area contributed by atoms with Gasteiger partial charge in [-0.15, -0.1) is 0 Å². The van der Waals surface area contributed by atoms with Crippen molar-refractivity contribution in [3.05, 3.63) is 35.4 Å². The number of carbonyl (C=O) groups excluding carboxylic acids is 2. The van der Waals surface area contributed by atoms with Crippen LogP contribution in [0.25, 0.3) is 0 Å². The van der Waals surface area contributed by atoms with Gasteiger partial charge < -0.3 is 15.4 Å². The average Bonchev–Trinajstić information content (AvgIpc) is 2.72. The number of hydrogen-bond donors (Lipinski definition) is 3. The van der Waals surface area contributed by atoms with Crippen LogP contribution in [0.2, 0.25) is 0 Å². The standard InChI is InChI=1S/C18H25N3O5S2/c1-19-18(23)21(27)28(24,25)16-12-13(8-9-15(16)26-2)10-11-20-17(22)14-6-4-3-5-7-14/h6,8-9,12,27H,3-5,7,10-11H2,1-2H3,(H,19,23)(H,20,22). The van der Waals surface area contributed by atoms with E-state index in [0.717, 1.165) is 31.3 Å². The molecule has 0 radical (unpaired) electrons. The van der Waals surface area contributed by atoms with Crippen molar-refractivity contribution in [3.63, 3.8) is 0 Å². The summed E-state index contributed by atoms with van der Waals surface area (Å²) in [5.41, 5.74) is 1.48. The highest BCUT2D eigenvalue weighted by molar-refractivity contribution is 8.00. The Morgan fingerprint density at radius 3 is 2.64 bits per heavy atom. The van der Waals surface area contributed by atoms with Crippen LogP contribution in [0.5, 0.6) is 5.75 Å². The first-order chi connectivity index (χ1) is 13.3. The van der Waals surface area contributed by atoms with Crippen LogP contribution in [-0.4, -0.2) is 44.8 Å². The number of thiol groups is 1.